The molecular weight excluding hydrogens is 278 g/mol. The summed E-state index contributed by atoms with van der Waals surface area (Å²) in [7, 11) is 1.52. The van der Waals surface area contributed by atoms with Crippen LogP contribution in [0.1, 0.15) is 33.6 Å². The van der Waals surface area contributed by atoms with Gasteiger partial charge in [0.1, 0.15) is 23.4 Å². The largest absolute Gasteiger partial charge is 0.444 e. The lowest BCUT2D eigenvalue weighted by atomic mass is 9.88. The van der Waals surface area contributed by atoms with Gasteiger partial charge < -0.3 is 29.7 Å². The molecule has 21 heavy (non-hydrogen) atoms. The van der Waals surface area contributed by atoms with Gasteiger partial charge in [-0.05, 0) is 33.6 Å². The van der Waals surface area contributed by atoms with Gasteiger partial charge in [0.2, 0.25) is 0 Å². The standard InChI is InChI=1S/C14H25NO6/c1-13(2,3)21-12(19)15(4)9-8-5-6-14(7-16,20-8)11(18)10(9)17/h8-11,16-18H,5-7H2,1-4H3/t8-,9+,10-,11-,14-/m1/s1. The van der Waals surface area contributed by atoms with Gasteiger partial charge >= 0.3 is 6.09 Å². The van der Waals surface area contributed by atoms with Crippen molar-refractivity contribution in [2.24, 2.45) is 0 Å². The van der Waals surface area contributed by atoms with E-state index in [1.807, 2.05) is 0 Å². The zero-order valence-corrected chi connectivity index (χ0v) is 12.9. The van der Waals surface area contributed by atoms with Crippen LogP contribution in [0.25, 0.3) is 0 Å². The number of ether oxygens (including phenoxy) is 2. The van der Waals surface area contributed by atoms with Gasteiger partial charge in [0.05, 0.1) is 18.8 Å². The summed E-state index contributed by atoms with van der Waals surface area (Å²) in [4.78, 5) is 13.4. The highest BCUT2D eigenvalue weighted by molar-refractivity contribution is 5.68. The van der Waals surface area contributed by atoms with Crippen LogP contribution in [0.5, 0.6) is 0 Å². The minimum absolute atomic E-state index is 0.357. The Morgan fingerprint density at radius 3 is 2.57 bits per heavy atom. The molecule has 0 aliphatic carbocycles. The highest BCUT2D eigenvalue weighted by atomic mass is 16.6. The summed E-state index contributed by atoms with van der Waals surface area (Å²) in [6, 6.07) is -0.697. The molecule has 0 spiro atoms. The smallest absolute Gasteiger partial charge is 0.410 e. The highest BCUT2D eigenvalue weighted by Crippen LogP contribution is 2.43. The van der Waals surface area contributed by atoms with Gasteiger partial charge in [-0.3, -0.25) is 0 Å². The van der Waals surface area contributed by atoms with Gasteiger partial charge in [-0.25, -0.2) is 4.79 Å². The maximum Gasteiger partial charge on any atom is 0.410 e. The van der Waals surface area contributed by atoms with Gasteiger partial charge in [-0.1, -0.05) is 0 Å². The summed E-state index contributed by atoms with van der Waals surface area (Å²) in [5.41, 5.74) is -1.76. The van der Waals surface area contributed by atoms with Gasteiger partial charge in [0.15, 0.2) is 0 Å². The molecule has 0 aromatic carbocycles. The molecule has 0 saturated carbocycles. The fraction of sp³-hybridized carbons (Fsp3) is 0.929. The maximum atomic E-state index is 12.1. The van der Waals surface area contributed by atoms with Crippen molar-refractivity contribution in [3.8, 4) is 0 Å². The quantitative estimate of drug-likeness (QED) is 0.657. The van der Waals surface area contributed by atoms with Crippen LogP contribution < -0.4 is 0 Å². The van der Waals surface area contributed by atoms with Gasteiger partial charge in [0.25, 0.3) is 0 Å². The third-order valence-electron chi connectivity index (χ3n) is 4.23. The van der Waals surface area contributed by atoms with Crippen molar-refractivity contribution in [3.63, 3.8) is 0 Å². The lowest BCUT2D eigenvalue weighted by molar-refractivity contribution is -0.231. The lowest BCUT2D eigenvalue weighted by Gasteiger charge is -2.46. The summed E-state index contributed by atoms with van der Waals surface area (Å²) in [6.07, 6.45) is -2.41. The molecule has 2 fully saturated rings. The SMILES string of the molecule is CN(C(=O)OC(C)(C)C)[C@@H]1[C@@H](O)[C@@H](O)[C@]2(CO)CC[C@H]1O2. The zero-order chi connectivity index (χ0) is 16.0. The Morgan fingerprint density at radius 1 is 1.43 bits per heavy atom. The van der Waals surface area contributed by atoms with Crippen molar-refractivity contribution in [3.05, 3.63) is 0 Å². The second-order valence-electron chi connectivity index (χ2n) is 6.94. The van der Waals surface area contributed by atoms with Crippen LogP contribution in [0.3, 0.4) is 0 Å². The number of hydrogen-bond donors (Lipinski definition) is 3. The van der Waals surface area contributed by atoms with Crippen LogP contribution in [0.2, 0.25) is 0 Å². The first-order valence-corrected chi connectivity index (χ1v) is 7.22. The third kappa shape index (κ3) is 2.88. The first-order valence-electron chi connectivity index (χ1n) is 7.22. The summed E-state index contributed by atoms with van der Waals surface area (Å²) in [5.74, 6) is 0. The number of likely N-dealkylation sites (N-methyl/N-ethyl adjacent to an activating group) is 1. The van der Waals surface area contributed by atoms with Gasteiger partial charge in [0, 0.05) is 7.05 Å². The van der Waals surface area contributed by atoms with E-state index >= 15 is 0 Å². The minimum Gasteiger partial charge on any atom is -0.444 e. The first kappa shape index (κ1) is 16.5. The van der Waals surface area contributed by atoms with Crippen LogP contribution in [0.4, 0.5) is 4.79 Å². The average molecular weight is 303 g/mol. The van der Waals surface area contributed by atoms with Crippen LogP contribution in [-0.2, 0) is 9.47 Å². The van der Waals surface area contributed by atoms with Gasteiger partial charge in [-0.2, -0.15) is 0 Å². The predicted molar refractivity (Wildman–Crippen MR) is 73.7 cm³/mol. The van der Waals surface area contributed by atoms with Crippen molar-refractivity contribution in [1.82, 2.24) is 4.90 Å². The van der Waals surface area contributed by atoms with Crippen molar-refractivity contribution in [2.45, 2.75) is 69.2 Å². The molecule has 0 radical (unpaired) electrons. The molecule has 2 aliphatic rings. The van der Waals surface area contributed by atoms with E-state index in [1.165, 1.54) is 11.9 Å². The molecule has 122 valence electrons. The second kappa shape index (κ2) is 5.39. The Hall–Kier alpha value is -0.890. The predicted octanol–water partition coefficient (Wildman–Crippen LogP) is -0.133. The Morgan fingerprint density at radius 2 is 2.05 bits per heavy atom. The number of nitrogens with zero attached hydrogens (tertiary/aromatic N) is 1. The zero-order valence-electron chi connectivity index (χ0n) is 12.9. The highest BCUT2D eigenvalue weighted by Gasteiger charge is 2.59. The molecule has 5 atom stereocenters. The third-order valence-corrected chi connectivity index (χ3v) is 4.23. The van der Waals surface area contributed by atoms with E-state index in [2.05, 4.69) is 0 Å². The molecule has 7 nitrogen and oxygen atoms in total. The average Bonchev–Trinajstić information content (AvgIpc) is 2.77. The minimum atomic E-state index is -1.24. The van der Waals surface area contributed by atoms with Crippen LogP contribution >= 0.6 is 0 Å². The fourth-order valence-corrected chi connectivity index (χ4v) is 3.13. The molecule has 1 amide bonds. The molecule has 2 heterocycles. The molecule has 7 heteroatoms. The number of aliphatic hydroxyl groups excluding tert-OH is 3. The van der Waals surface area contributed by atoms with E-state index in [-0.39, 0.29) is 6.61 Å². The van der Waals surface area contributed by atoms with Crippen LogP contribution in [0, 0.1) is 0 Å². The molecule has 0 unspecified atom stereocenters. The summed E-state index contributed by atoms with van der Waals surface area (Å²) >= 11 is 0. The Kier molecular flexibility index (Phi) is 4.23. The Bertz CT molecular complexity index is 409. The number of carbonyl (C=O) groups is 1. The van der Waals surface area contributed by atoms with Crippen molar-refractivity contribution < 1.29 is 29.6 Å². The normalized spacial score (nSPS) is 39.2. The molecule has 3 N–H and O–H groups in total. The second-order valence-corrected chi connectivity index (χ2v) is 6.94. The monoisotopic (exact) mass is 303 g/mol. The van der Waals surface area contributed by atoms with E-state index in [9.17, 15) is 20.1 Å². The van der Waals surface area contributed by atoms with E-state index < -0.39 is 41.6 Å². The fourth-order valence-electron chi connectivity index (χ4n) is 3.13. The van der Waals surface area contributed by atoms with Crippen molar-refractivity contribution in [2.75, 3.05) is 13.7 Å². The van der Waals surface area contributed by atoms with E-state index in [4.69, 9.17) is 9.47 Å². The van der Waals surface area contributed by atoms with E-state index in [0.29, 0.717) is 12.8 Å². The molecule has 2 bridgehead atoms. The number of fused-ring (bicyclic) bond motifs is 2. The topological polar surface area (TPSA) is 99.5 Å². The summed E-state index contributed by atoms with van der Waals surface area (Å²) in [5, 5.41) is 30.0. The number of carbonyl (C=O) groups excluding carboxylic acids is 1. The Balaban J connectivity index is 2.15. The maximum absolute atomic E-state index is 12.1. The molecule has 0 aromatic rings. The number of hydrogen-bond acceptors (Lipinski definition) is 6. The molecule has 2 rings (SSSR count). The van der Waals surface area contributed by atoms with Crippen LogP contribution in [0.15, 0.2) is 0 Å². The van der Waals surface area contributed by atoms with Gasteiger partial charge in [-0.15, -0.1) is 0 Å². The molecular formula is C14H25NO6. The van der Waals surface area contributed by atoms with Crippen molar-refractivity contribution in [1.29, 1.82) is 0 Å². The van der Waals surface area contributed by atoms with E-state index in [0.717, 1.165) is 0 Å². The Labute approximate surface area is 124 Å². The first-order chi connectivity index (χ1) is 9.61. The number of aliphatic hydroxyl groups is 3. The summed E-state index contributed by atoms with van der Waals surface area (Å²) < 4.78 is 11.0. The molecule has 0 aromatic heterocycles. The number of rotatable bonds is 2. The molecule has 2 saturated heterocycles. The van der Waals surface area contributed by atoms with E-state index in [1.54, 1.807) is 20.8 Å². The molecule has 2 aliphatic heterocycles. The van der Waals surface area contributed by atoms with Crippen molar-refractivity contribution >= 4 is 6.09 Å². The summed E-state index contributed by atoms with van der Waals surface area (Å²) in [6.45, 7) is 4.92. The number of amides is 1. The lowest BCUT2D eigenvalue weighted by Crippen LogP contribution is -2.66. The van der Waals surface area contributed by atoms with Crippen LogP contribution in [-0.4, -0.2) is 75.5 Å².